The molecule has 0 fully saturated rings. The summed E-state index contributed by atoms with van der Waals surface area (Å²) in [6.07, 6.45) is 0. The lowest BCUT2D eigenvalue weighted by Crippen LogP contribution is -1.99. The van der Waals surface area contributed by atoms with Crippen molar-refractivity contribution in [2.75, 3.05) is 19.0 Å². The van der Waals surface area contributed by atoms with E-state index in [9.17, 15) is 0 Å². The third-order valence-corrected chi connectivity index (χ3v) is 3.60. The Morgan fingerprint density at radius 3 is 2.58 bits per heavy atom. The molecule has 1 aromatic heterocycles. The fourth-order valence-corrected chi connectivity index (χ4v) is 2.56. The van der Waals surface area contributed by atoms with E-state index in [-0.39, 0.29) is 12.4 Å². The Labute approximate surface area is 148 Å². The van der Waals surface area contributed by atoms with Crippen LogP contribution in [0, 0.1) is 6.92 Å². The van der Waals surface area contributed by atoms with E-state index in [1.807, 2.05) is 62.4 Å². The van der Waals surface area contributed by atoms with Gasteiger partial charge in [0.1, 0.15) is 11.5 Å². The Kier molecular flexibility index (Phi) is 5.88. The summed E-state index contributed by atoms with van der Waals surface area (Å²) in [6, 6.07) is 15.8. The van der Waals surface area contributed by atoms with E-state index in [0.29, 0.717) is 6.61 Å². The van der Waals surface area contributed by atoms with Gasteiger partial charge in [0.05, 0.1) is 24.9 Å². The molecule has 0 radical (unpaired) electrons. The van der Waals surface area contributed by atoms with Crippen LogP contribution in [0.4, 0.5) is 11.4 Å². The van der Waals surface area contributed by atoms with Crippen LogP contribution in [0.1, 0.15) is 12.6 Å². The van der Waals surface area contributed by atoms with Gasteiger partial charge in [-0.2, -0.15) is 0 Å². The lowest BCUT2D eigenvalue weighted by Gasteiger charge is -2.15. The van der Waals surface area contributed by atoms with Gasteiger partial charge < -0.3 is 14.8 Å². The molecular formula is C19H21ClN2O2. The fraction of sp³-hybridized carbons (Fsp3) is 0.211. The van der Waals surface area contributed by atoms with E-state index in [1.54, 1.807) is 7.11 Å². The molecule has 1 heterocycles. The summed E-state index contributed by atoms with van der Waals surface area (Å²) < 4.78 is 11.0. The number of methoxy groups -OCH3 is 1. The van der Waals surface area contributed by atoms with Crippen molar-refractivity contribution in [3.05, 3.63) is 54.2 Å². The first kappa shape index (κ1) is 17.9. The van der Waals surface area contributed by atoms with Crippen LogP contribution in [0.25, 0.3) is 10.9 Å². The molecule has 0 aliphatic rings. The van der Waals surface area contributed by atoms with Crippen LogP contribution in [-0.2, 0) is 0 Å². The quantitative estimate of drug-likeness (QED) is 0.698. The van der Waals surface area contributed by atoms with Crippen molar-refractivity contribution in [3.63, 3.8) is 0 Å². The van der Waals surface area contributed by atoms with E-state index < -0.39 is 0 Å². The van der Waals surface area contributed by atoms with Crippen LogP contribution < -0.4 is 14.8 Å². The van der Waals surface area contributed by atoms with Crippen molar-refractivity contribution in [2.24, 2.45) is 0 Å². The number of benzene rings is 2. The molecule has 0 saturated heterocycles. The van der Waals surface area contributed by atoms with Crippen LogP contribution in [-0.4, -0.2) is 18.7 Å². The van der Waals surface area contributed by atoms with Crippen molar-refractivity contribution in [3.8, 4) is 11.5 Å². The Morgan fingerprint density at radius 2 is 1.83 bits per heavy atom. The Balaban J connectivity index is 0.00000208. The number of aromatic nitrogens is 1. The molecule has 0 saturated carbocycles. The lowest BCUT2D eigenvalue weighted by molar-refractivity contribution is 0.342. The van der Waals surface area contributed by atoms with Gasteiger partial charge in [0.25, 0.3) is 0 Å². The molecule has 24 heavy (non-hydrogen) atoms. The van der Waals surface area contributed by atoms with E-state index in [0.717, 1.165) is 39.5 Å². The molecule has 0 bridgehead atoms. The van der Waals surface area contributed by atoms with Gasteiger partial charge in [-0.25, -0.2) is 0 Å². The van der Waals surface area contributed by atoms with Crippen molar-refractivity contribution in [2.45, 2.75) is 13.8 Å². The van der Waals surface area contributed by atoms with Gasteiger partial charge in [-0.05, 0) is 50.2 Å². The molecule has 0 aliphatic carbocycles. The SMILES string of the molecule is CCOc1ccccc1Nc1cc(C)nc2ccc(OC)cc12.Cl. The molecule has 3 aromatic rings. The number of pyridine rings is 1. The number of anilines is 2. The van der Waals surface area contributed by atoms with Gasteiger partial charge in [-0.3, -0.25) is 4.98 Å². The monoisotopic (exact) mass is 344 g/mol. The van der Waals surface area contributed by atoms with E-state index in [4.69, 9.17) is 9.47 Å². The first-order chi connectivity index (χ1) is 11.2. The van der Waals surface area contributed by atoms with Crippen LogP contribution in [0.15, 0.2) is 48.5 Å². The topological polar surface area (TPSA) is 43.4 Å². The zero-order chi connectivity index (χ0) is 16.2. The average Bonchev–Trinajstić information content (AvgIpc) is 2.56. The van der Waals surface area contributed by atoms with E-state index in [2.05, 4.69) is 10.3 Å². The molecule has 4 nitrogen and oxygen atoms in total. The second kappa shape index (κ2) is 7.88. The fourth-order valence-electron chi connectivity index (χ4n) is 2.56. The summed E-state index contributed by atoms with van der Waals surface area (Å²) in [5, 5.41) is 4.49. The van der Waals surface area contributed by atoms with Gasteiger partial charge >= 0.3 is 0 Å². The third-order valence-electron chi connectivity index (χ3n) is 3.60. The zero-order valence-electron chi connectivity index (χ0n) is 14.0. The molecule has 0 spiro atoms. The first-order valence-corrected chi connectivity index (χ1v) is 7.65. The summed E-state index contributed by atoms with van der Waals surface area (Å²) >= 11 is 0. The Morgan fingerprint density at radius 1 is 1.04 bits per heavy atom. The van der Waals surface area contributed by atoms with Crippen LogP contribution >= 0.6 is 12.4 Å². The predicted molar refractivity (Wildman–Crippen MR) is 101 cm³/mol. The summed E-state index contributed by atoms with van der Waals surface area (Å²) in [7, 11) is 1.67. The smallest absolute Gasteiger partial charge is 0.142 e. The maximum atomic E-state index is 5.69. The van der Waals surface area contributed by atoms with E-state index >= 15 is 0 Å². The van der Waals surface area contributed by atoms with Crippen molar-refractivity contribution < 1.29 is 9.47 Å². The van der Waals surface area contributed by atoms with E-state index in [1.165, 1.54) is 0 Å². The molecule has 0 atom stereocenters. The molecule has 2 aromatic carbocycles. The molecule has 0 amide bonds. The van der Waals surface area contributed by atoms with Crippen LogP contribution in [0.5, 0.6) is 11.5 Å². The number of nitrogens with zero attached hydrogens (tertiary/aromatic N) is 1. The number of fused-ring (bicyclic) bond motifs is 1. The Bertz CT molecular complexity index is 837. The third kappa shape index (κ3) is 3.71. The number of para-hydroxylation sites is 2. The summed E-state index contributed by atoms with van der Waals surface area (Å²) in [4.78, 5) is 4.59. The minimum Gasteiger partial charge on any atom is -0.497 e. The second-order valence-corrected chi connectivity index (χ2v) is 5.25. The number of nitrogens with one attached hydrogen (secondary N) is 1. The highest BCUT2D eigenvalue weighted by molar-refractivity contribution is 5.94. The van der Waals surface area contributed by atoms with Gasteiger partial charge in [0.15, 0.2) is 0 Å². The normalized spacial score (nSPS) is 10.1. The predicted octanol–water partition coefficient (Wildman–Crippen LogP) is 5.12. The number of hydrogen-bond donors (Lipinski definition) is 1. The summed E-state index contributed by atoms with van der Waals surface area (Å²) in [5.41, 5.74) is 3.81. The minimum atomic E-state index is 0. The molecule has 0 unspecified atom stereocenters. The van der Waals surface area contributed by atoms with Crippen molar-refractivity contribution >= 4 is 34.7 Å². The number of rotatable bonds is 5. The van der Waals surface area contributed by atoms with Crippen molar-refractivity contribution in [1.29, 1.82) is 0 Å². The standard InChI is InChI=1S/C19H20N2O2.ClH/c1-4-23-19-8-6-5-7-17(19)21-18-11-13(2)20-16-10-9-14(22-3)12-15(16)18;/h5-12H,4H2,1-3H3,(H,20,21);1H. The maximum absolute atomic E-state index is 5.69. The molecule has 1 N–H and O–H groups in total. The molecular weight excluding hydrogens is 324 g/mol. The number of aryl methyl sites for hydroxylation is 1. The number of ether oxygens (including phenoxy) is 2. The van der Waals surface area contributed by atoms with Crippen LogP contribution in [0.3, 0.4) is 0 Å². The zero-order valence-corrected chi connectivity index (χ0v) is 14.8. The van der Waals surface area contributed by atoms with Gasteiger partial charge in [-0.1, -0.05) is 12.1 Å². The average molecular weight is 345 g/mol. The highest BCUT2D eigenvalue weighted by Crippen LogP contribution is 2.33. The first-order valence-electron chi connectivity index (χ1n) is 7.65. The molecule has 5 heteroatoms. The van der Waals surface area contributed by atoms with Crippen molar-refractivity contribution in [1.82, 2.24) is 4.98 Å². The molecule has 0 aliphatic heterocycles. The maximum Gasteiger partial charge on any atom is 0.142 e. The Hall–Kier alpha value is -2.46. The number of halogens is 1. The second-order valence-electron chi connectivity index (χ2n) is 5.25. The van der Waals surface area contributed by atoms with Crippen LogP contribution in [0.2, 0.25) is 0 Å². The molecule has 3 rings (SSSR count). The van der Waals surface area contributed by atoms with Gasteiger partial charge in [0.2, 0.25) is 0 Å². The summed E-state index contributed by atoms with van der Waals surface area (Å²) in [6.45, 7) is 4.60. The molecule has 126 valence electrons. The number of hydrogen-bond acceptors (Lipinski definition) is 4. The van der Waals surface area contributed by atoms with Gasteiger partial charge in [-0.15, -0.1) is 12.4 Å². The minimum absolute atomic E-state index is 0. The summed E-state index contributed by atoms with van der Waals surface area (Å²) in [5.74, 6) is 1.64. The highest BCUT2D eigenvalue weighted by atomic mass is 35.5. The highest BCUT2D eigenvalue weighted by Gasteiger charge is 2.09. The lowest BCUT2D eigenvalue weighted by atomic mass is 10.1. The largest absolute Gasteiger partial charge is 0.497 e. The van der Waals surface area contributed by atoms with Gasteiger partial charge in [0, 0.05) is 16.8 Å².